The number of benzene rings is 2. The van der Waals surface area contributed by atoms with Crippen LogP contribution in [0, 0.1) is 5.82 Å². The number of hydrogen-bond donors (Lipinski definition) is 1. The van der Waals surface area contributed by atoms with Gasteiger partial charge in [0.15, 0.2) is 5.69 Å². The fourth-order valence-electron chi connectivity index (χ4n) is 2.93. The highest BCUT2D eigenvalue weighted by atomic mass is 32.2. The van der Waals surface area contributed by atoms with Crippen molar-refractivity contribution in [3.63, 3.8) is 0 Å². The van der Waals surface area contributed by atoms with Crippen molar-refractivity contribution in [2.24, 2.45) is 5.14 Å². The van der Waals surface area contributed by atoms with E-state index in [0.717, 1.165) is 22.9 Å². The fraction of sp³-hybridized carbons (Fsp3) is 0.211. The molecule has 1 aromatic heterocycles. The maximum Gasteiger partial charge on any atom is 0.435 e. The number of primary sulfonamides is 1. The van der Waals surface area contributed by atoms with Crippen LogP contribution in [0.4, 0.5) is 23.2 Å². The lowest BCUT2D eigenvalue weighted by molar-refractivity contribution is -0.141. The highest BCUT2D eigenvalue weighted by Gasteiger charge is 2.36. The molecule has 0 saturated carbocycles. The van der Waals surface area contributed by atoms with Gasteiger partial charge in [-0.05, 0) is 37.3 Å². The number of aromatic nitrogens is 2. The van der Waals surface area contributed by atoms with E-state index in [1.54, 1.807) is 11.9 Å². The average Bonchev–Trinajstić information content (AvgIpc) is 3.12. The number of alkyl halides is 3. The largest absolute Gasteiger partial charge is 0.435 e. The highest BCUT2D eigenvalue weighted by molar-refractivity contribution is 7.89. The monoisotopic (exact) mass is 442 g/mol. The molecule has 0 amide bonds. The number of sulfonamides is 1. The van der Waals surface area contributed by atoms with Crippen molar-refractivity contribution in [2.75, 3.05) is 18.5 Å². The van der Waals surface area contributed by atoms with Crippen molar-refractivity contribution >= 4 is 15.7 Å². The Morgan fingerprint density at radius 2 is 1.80 bits per heavy atom. The summed E-state index contributed by atoms with van der Waals surface area (Å²) in [5, 5.41) is 8.76. The van der Waals surface area contributed by atoms with E-state index in [-0.39, 0.29) is 22.6 Å². The minimum Gasteiger partial charge on any atom is -0.373 e. The van der Waals surface area contributed by atoms with Crippen molar-refractivity contribution in [2.45, 2.75) is 18.0 Å². The summed E-state index contributed by atoms with van der Waals surface area (Å²) in [4.78, 5) is 1.22. The normalized spacial score (nSPS) is 12.2. The summed E-state index contributed by atoms with van der Waals surface area (Å²) in [6, 6.07) is 9.93. The van der Waals surface area contributed by atoms with Crippen molar-refractivity contribution in [3.8, 4) is 16.9 Å². The molecular weight excluding hydrogens is 424 g/mol. The van der Waals surface area contributed by atoms with E-state index in [4.69, 9.17) is 5.14 Å². The molecule has 0 radical (unpaired) electrons. The summed E-state index contributed by atoms with van der Waals surface area (Å²) in [7, 11) is -2.59. The third-order valence-corrected chi connectivity index (χ3v) is 5.49. The SMILES string of the molecule is CCN(C)c1ccc(-c2cc(C(F)(F)F)nn2-c2ccccc2S(N)(=O)=O)cc1F. The molecular formula is C19H18F4N4O2S. The van der Waals surface area contributed by atoms with Gasteiger partial charge in [0, 0.05) is 19.2 Å². The maximum absolute atomic E-state index is 14.6. The van der Waals surface area contributed by atoms with Gasteiger partial charge in [0.1, 0.15) is 10.7 Å². The molecule has 2 N–H and O–H groups in total. The van der Waals surface area contributed by atoms with Crippen LogP contribution in [-0.4, -0.2) is 31.8 Å². The number of hydrogen-bond acceptors (Lipinski definition) is 4. The summed E-state index contributed by atoms with van der Waals surface area (Å²) in [6.07, 6.45) is -4.79. The number of halogens is 4. The summed E-state index contributed by atoms with van der Waals surface area (Å²) in [6.45, 7) is 2.34. The minimum absolute atomic E-state index is 0.0907. The standard InChI is InChI=1S/C19H18F4N4O2S/c1-3-26(2)14-9-8-12(10-13(14)20)16-11-18(19(21,22)23)25-27(16)15-6-4-5-7-17(15)30(24,28)29/h4-11H,3H2,1-2H3,(H2,24,28,29). The van der Waals surface area contributed by atoms with E-state index in [1.807, 2.05) is 6.92 Å². The van der Waals surface area contributed by atoms with E-state index >= 15 is 0 Å². The highest BCUT2D eigenvalue weighted by Crippen LogP contribution is 2.35. The molecule has 0 aliphatic heterocycles. The zero-order chi connectivity index (χ0) is 22.3. The molecule has 11 heteroatoms. The van der Waals surface area contributed by atoms with Gasteiger partial charge in [0.2, 0.25) is 10.0 Å². The Morgan fingerprint density at radius 1 is 1.13 bits per heavy atom. The molecule has 0 aliphatic rings. The first-order chi connectivity index (χ1) is 13.9. The molecule has 0 spiro atoms. The molecule has 2 aromatic carbocycles. The molecule has 160 valence electrons. The van der Waals surface area contributed by atoms with Gasteiger partial charge in [-0.1, -0.05) is 18.2 Å². The smallest absolute Gasteiger partial charge is 0.373 e. The van der Waals surface area contributed by atoms with Crippen LogP contribution < -0.4 is 10.0 Å². The van der Waals surface area contributed by atoms with Gasteiger partial charge in [-0.15, -0.1) is 0 Å². The van der Waals surface area contributed by atoms with Crippen LogP contribution in [-0.2, 0) is 16.2 Å². The van der Waals surface area contributed by atoms with Crippen molar-refractivity contribution in [1.82, 2.24) is 9.78 Å². The second-order valence-electron chi connectivity index (χ2n) is 6.52. The van der Waals surface area contributed by atoms with E-state index < -0.39 is 32.6 Å². The summed E-state index contributed by atoms with van der Waals surface area (Å²) < 4.78 is 79.3. The predicted octanol–water partition coefficient (Wildman–Crippen LogP) is 3.80. The van der Waals surface area contributed by atoms with E-state index in [1.165, 1.54) is 30.3 Å². The Kier molecular flexibility index (Phi) is 5.61. The van der Waals surface area contributed by atoms with Gasteiger partial charge in [0.05, 0.1) is 17.1 Å². The van der Waals surface area contributed by atoms with Crippen molar-refractivity contribution < 1.29 is 26.0 Å². The maximum atomic E-state index is 14.6. The lowest BCUT2D eigenvalue weighted by Gasteiger charge is -2.18. The lowest BCUT2D eigenvalue weighted by atomic mass is 10.1. The first kappa shape index (κ1) is 21.8. The lowest BCUT2D eigenvalue weighted by Crippen LogP contribution is -2.17. The molecule has 3 aromatic rings. The molecule has 0 atom stereocenters. The van der Waals surface area contributed by atoms with Crippen LogP contribution in [0.5, 0.6) is 0 Å². The van der Waals surface area contributed by atoms with E-state index in [9.17, 15) is 26.0 Å². The zero-order valence-corrected chi connectivity index (χ0v) is 16.8. The van der Waals surface area contributed by atoms with E-state index in [2.05, 4.69) is 5.10 Å². The molecule has 0 aliphatic carbocycles. The summed E-state index contributed by atoms with van der Waals surface area (Å²) in [5.41, 5.74) is -1.21. The van der Waals surface area contributed by atoms with Crippen LogP contribution >= 0.6 is 0 Å². The third kappa shape index (κ3) is 4.17. The third-order valence-electron chi connectivity index (χ3n) is 4.53. The van der Waals surface area contributed by atoms with Crippen molar-refractivity contribution in [1.29, 1.82) is 0 Å². The predicted molar refractivity (Wildman–Crippen MR) is 104 cm³/mol. The summed E-state index contributed by atoms with van der Waals surface area (Å²) in [5.74, 6) is -0.641. The quantitative estimate of drug-likeness (QED) is 0.610. The number of para-hydroxylation sites is 1. The van der Waals surface area contributed by atoms with Gasteiger partial charge in [-0.25, -0.2) is 22.6 Å². The van der Waals surface area contributed by atoms with Crippen LogP contribution in [0.1, 0.15) is 12.6 Å². The van der Waals surface area contributed by atoms with Gasteiger partial charge >= 0.3 is 6.18 Å². The number of nitrogens with two attached hydrogens (primary N) is 1. The first-order valence-electron chi connectivity index (χ1n) is 8.74. The van der Waals surface area contributed by atoms with Gasteiger partial charge in [-0.2, -0.15) is 18.3 Å². The zero-order valence-electron chi connectivity index (χ0n) is 16.0. The number of anilines is 1. The Labute approximate surface area is 170 Å². The van der Waals surface area contributed by atoms with Gasteiger partial charge < -0.3 is 4.90 Å². The van der Waals surface area contributed by atoms with E-state index in [0.29, 0.717) is 6.54 Å². The number of rotatable bonds is 5. The topological polar surface area (TPSA) is 81.2 Å². The Morgan fingerprint density at radius 3 is 2.37 bits per heavy atom. The molecule has 0 fully saturated rings. The number of nitrogens with zero attached hydrogens (tertiary/aromatic N) is 3. The molecule has 6 nitrogen and oxygen atoms in total. The molecule has 3 rings (SSSR count). The molecule has 0 saturated heterocycles. The Bertz CT molecular complexity index is 1190. The Balaban J connectivity index is 2.28. The second-order valence-corrected chi connectivity index (χ2v) is 8.05. The molecule has 0 bridgehead atoms. The van der Waals surface area contributed by atoms with Crippen molar-refractivity contribution in [3.05, 3.63) is 60.0 Å². The van der Waals surface area contributed by atoms with Crippen LogP contribution in [0.3, 0.4) is 0 Å². The molecule has 1 heterocycles. The van der Waals surface area contributed by atoms with Crippen LogP contribution in [0.2, 0.25) is 0 Å². The molecule has 0 unspecified atom stereocenters. The summed E-state index contributed by atoms with van der Waals surface area (Å²) >= 11 is 0. The first-order valence-corrected chi connectivity index (χ1v) is 10.3. The van der Waals surface area contributed by atoms with Gasteiger partial charge in [-0.3, -0.25) is 0 Å². The van der Waals surface area contributed by atoms with Crippen LogP contribution in [0.25, 0.3) is 16.9 Å². The second kappa shape index (κ2) is 7.73. The molecule has 30 heavy (non-hydrogen) atoms. The Hall–Kier alpha value is -2.92. The van der Waals surface area contributed by atoms with Crippen LogP contribution in [0.15, 0.2) is 53.4 Å². The van der Waals surface area contributed by atoms with Gasteiger partial charge in [0.25, 0.3) is 0 Å². The fourth-order valence-corrected chi connectivity index (χ4v) is 3.64. The minimum atomic E-state index is -4.79. The average molecular weight is 442 g/mol.